The van der Waals surface area contributed by atoms with E-state index in [1.165, 1.54) is 37.0 Å². The summed E-state index contributed by atoms with van der Waals surface area (Å²) in [4.78, 5) is 15.5. The smallest absolute Gasteiger partial charge is 0.270 e. The van der Waals surface area contributed by atoms with Crippen molar-refractivity contribution in [2.45, 2.75) is 32.1 Å². The van der Waals surface area contributed by atoms with Gasteiger partial charge in [-0.05, 0) is 12.3 Å². The van der Waals surface area contributed by atoms with Gasteiger partial charge in [-0.1, -0.05) is 25.7 Å². The third-order valence-corrected chi connectivity index (χ3v) is 3.56. The number of hydrogen-bond donors (Lipinski definition) is 1. The SMILES string of the molecule is O=C(NCCC1CCCC1)c1cscn1. The van der Waals surface area contributed by atoms with Gasteiger partial charge in [0.05, 0.1) is 5.51 Å². The molecule has 1 aliphatic carbocycles. The molecule has 0 unspecified atom stereocenters. The quantitative estimate of drug-likeness (QED) is 0.853. The lowest BCUT2D eigenvalue weighted by Crippen LogP contribution is -2.25. The number of hydrogen-bond acceptors (Lipinski definition) is 3. The first-order chi connectivity index (χ1) is 7.36. The molecule has 15 heavy (non-hydrogen) atoms. The summed E-state index contributed by atoms with van der Waals surface area (Å²) in [5, 5.41) is 4.70. The predicted octanol–water partition coefficient (Wildman–Crippen LogP) is 2.45. The van der Waals surface area contributed by atoms with E-state index in [1.54, 1.807) is 10.9 Å². The first kappa shape index (κ1) is 10.6. The van der Waals surface area contributed by atoms with E-state index in [1.807, 2.05) is 0 Å². The molecule has 1 fully saturated rings. The highest BCUT2D eigenvalue weighted by molar-refractivity contribution is 7.07. The molecule has 1 N–H and O–H groups in total. The zero-order valence-electron chi connectivity index (χ0n) is 8.74. The average Bonchev–Trinajstić information content (AvgIpc) is 2.90. The van der Waals surface area contributed by atoms with E-state index in [4.69, 9.17) is 0 Å². The Kier molecular flexibility index (Phi) is 3.72. The first-order valence-corrected chi connectivity index (χ1v) is 6.47. The molecule has 0 atom stereocenters. The van der Waals surface area contributed by atoms with Gasteiger partial charge in [0.15, 0.2) is 0 Å². The summed E-state index contributed by atoms with van der Waals surface area (Å²) in [6, 6.07) is 0. The minimum absolute atomic E-state index is 0.0331. The summed E-state index contributed by atoms with van der Waals surface area (Å²) in [6.45, 7) is 0.793. The summed E-state index contributed by atoms with van der Waals surface area (Å²) in [6.07, 6.45) is 6.53. The molecule has 1 aromatic heterocycles. The van der Waals surface area contributed by atoms with Gasteiger partial charge in [-0.25, -0.2) is 4.98 Å². The maximum absolute atomic E-state index is 11.5. The molecule has 0 spiro atoms. The van der Waals surface area contributed by atoms with E-state index < -0.39 is 0 Å². The van der Waals surface area contributed by atoms with Gasteiger partial charge in [-0.15, -0.1) is 11.3 Å². The van der Waals surface area contributed by atoms with Gasteiger partial charge in [0.2, 0.25) is 0 Å². The summed E-state index contributed by atoms with van der Waals surface area (Å²) in [5.41, 5.74) is 2.23. The fourth-order valence-corrected chi connectivity index (χ4v) is 2.64. The molecule has 4 heteroatoms. The van der Waals surface area contributed by atoms with Crippen molar-refractivity contribution >= 4 is 17.2 Å². The van der Waals surface area contributed by atoms with E-state index in [0.717, 1.165) is 18.9 Å². The van der Waals surface area contributed by atoms with Crippen molar-refractivity contribution in [2.24, 2.45) is 5.92 Å². The van der Waals surface area contributed by atoms with Crippen LogP contribution < -0.4 is 5.32 Å². The molecule has 0 aliphatic heterocycles. The number of nitrogens with one attached hydrogen (secondary N) is 1. The summed E-state index contributed by atoms with van der Waals surface area (Å²) >= 11 is 1.45. The van der Waals surface area contributed by atoms with Gasteiger partial charge in [0.1, 0.15) is 5.69 Å². The summed E-state index contributed by atoms with van der Waals surface area (Å²) in [7, 11) is 0. The van der Waals surface area contributed by atoms with Crippen molar-refractivity contribution < 1.29 is 4.79 Å². The van der Waals surface area contributed by atoms with Crippen LogP contribution in [-0.2, 0) is 0 Å². The average molecular weight is 224 g/mol. The van der Waals surface area contributed by atoms with Crippen molar-refractivity contribution in [3.63, 3.8) is 0 Å². The monoisotopic (exact) mass is 224 g/mol. The Morgan fingerprint density at radius 2 is 2.33 bits per heavy atom. The standard InChI is InChI=1S/C11H16N2OS/c14-11(10-7-15-8-13-10)12-6-5-9-3-1-2-4-9/h7-9H,1-6H2,(H,12,14). The molecule has 1 aliphatic rings. The zero-order valence-corrected chi connectivity index (χ0v) is 9.55. The van der Waals surface area contributed by atoms with Crippen LogP contribution in [0.1, 0.15) is 42.6 Å². The summed E-state index contributed by atoms with van der Waals surface area (Å²) in [5.74, 6) is 0.801. The molecule has 1 heterocycles. The molecule has 0 bridgehead atoms. The highest BCUT2D eigenvalue weighted by Gasteiger charge is 2.15. The van der Waals surface area contributed by atoms with E-state index in [2.05, 4.69) is 10.3 Å². The Morgan fingerprint density at radius 1 is 1.53 bits per heavy atom. The summed E-state index contributed by atoms with van der Waals surface area (Å²) < 4.78 is 0. The normalized spacial score (nSPS) is 16.8. The number of carbonyl (C=O) groups excluding carboxylic acids is 1. The molecule has 2 rings (SSSR count). The van der Waals surface area contributed by atoms with Crippen LogP contribution in [0.25, 0.3) is 0 Å². The number of rotatable bonds is 4. The van der Waals surface area contributed by atoms with Crippen LogP contribution in [0.5, 0.6) is 0 Å². The van der Waals surface area contributed by atoms with Gasteiger partial charge in [0, 0.05) is 11.9 Å². The third kappa shape index (κ3) is 3.02. The molecule has 0 saturated heterocycles. The number of amides is 1. The molecular formula is C11H16N2OS. The third-order valence-electron chi connectivity index (χ3n) is 2.98. The second-order valence-electron chi connectivity index (χ2n) is 4.07. The number of aromatic nitrogens is 1. The van der Waals surface area contributed by atoms with Crippen LogP contribution in [0.4, 0.5) is 0 Å². The molecule has 82 valence electrons. The van der Waals surface area contributed by atoms with Crippen molar-refractivity contribution in [1.29, 1.82) is 0 Å². The van der Waals surface area contributed by atoms with Gasteiger partial charge in [-0.3, -0.25) is 4.79 Å². The molecule has 3 nitrogen and oxygen atoms in total. The van der Waals surface area contributed by atoms with Crippen molar-refractivity contribution in [1.82, 2.24) is 10.3 Å². The van der Waals surface area contributed by atoms with Crippen LogP contribution in [0, 0.1) is 5.92 Å². The van der Waals surface area contributed by atoms with Crippen LogP contribution in [0.2, 0.25) is 0 Å². The largest absolute Gasteiger partial charge is 0.351 e. The van der Waals surface area contributed by atoms with Gasteiger partial charge >= 0.3 is 0 Å². The molecule has 1 amide bonds. The van der Waals surface area contributed by atoms with Crippen molar-refractivity contribution in [2.75, 3.05) is 6.54 Å². The highest BCUT2D eigenvalue weighted by atomic mass is 32.1. The second kappa shape index (κ2) is 5.26. The lowest BCUT2D eigenvalue weighted by Gasteiger charge is -2.08. The minimum Gasteiger partial charge on any atom is -0.351 e. The lowest BCUT2D eigenvalue weighted by molar-refractivity contribution is 0.0947. The van der Waals surface area contributed by atoms with Crippen molar-refractivity contribution in [3.8, 4) is 0 Å². The Morgan fingerprint density at radius 3 is 3.00 bits per heavy atom. The van der Waals surface area contributed by atoms with Crippen LogP contribution in [-0.4, -0.2) is 17.4 Å². The van der Waals surface area contributed by atoms with Crippen LogP contribution in [0.3, 0.4) is 0 Å². The van der Waals surface area contributed by atoms with Gasteiger partial charge in [0.25, 0.3) is 5.91 Å². The molecule has 0 radical (unpaired) electrons. The van der Waals surface area contributed by atoms with Crippen molar-refractivity contribution in [3.05, 3.63) is 16.6 Å². The van der Waals surface area contributed by atoms with E-state index in [-0.39, 0.29) is 5.91 Å². The topological polar surface area (TPSA) is 42.0 Å². The predicted molar refractivity (Wildman–Crippen MR) is 61.0 cm³/mol. The van der Waals surface area contributed by atoms with Gasteiger partial charge in [-0.2, -0.15) is 0 Å². The fraction of sp³-hybridized carbons (Fsp3) is 0.636. The highest BCUT2D eigenvalue weighted by Crippen LogP contribution is 2.26. The maximum atomic E-state index is 11.5. The maximum Gasteiger partial charge on any atom is 0.270 e. The molecule has 1 aromatic rings. The zero-order chi connectivity index (χ0) is 10.5. The first-order valence-electron chi connectivity index (χ1n) is 5.52. The van der Waals surface area contributed by atoms with Gasteiger partial charge < -0.3 is 5.32 Å². The fourth-order valence-electron chi connectivity index (χ4n) is 2.10. The lowest BCUT2D eigenvalue weighted by atomic mass is 10.0. The second-order valence-corrected chi connectivity index (χ2v) is 4.79. The molecule has 1 saturated carbocycles. The Bertz CT molecular complexity index is 304. The number of thiazole rings is 1. The Labute approximate surface area is 93.9 Å². The van der Waals surface area contributed by atoms with E-state index >= 15 is 0 Å². The molecule has 0 aromatic carbocycles. The van der Waals surface area contributed by atoms with E-state index in [9.17, 15) is 4.79 Å². The number of carbonyl (C=O) groups is 1. The van der Waals surface area contributed by atoms with E-state index in [0.29, 0.717) is 5.69 Å². The number of nitrogens with zero attached hydrogens (tertiary/aromatic N) is 1. The minimum atomic E-state index is -0.0331. The molecular weight excluding hydrogens is 208 g/mol. The van der Waals surface area contributed by atoms with Crippen LogP contribution in [0.15, 0.2) is 10.9 Å². The Balaban J connectivity index is 1.67. The van der Waals surface area contributed by atoms with Crippen LogP contribution >= 0.6 is 11.3 Å². The Hall–Kier alpha value is -0.900.